The Kier molecular flexibility index (Phi) is 9.68. The van der Waals surface area contributed by atoms with Crippen LogP contribution in [0.2, 0.25) is 0 Å². The third-order valence-electron chi connectivity index (χ3n) is 23.3. The van der Waals surface area contributed by atoms with Gasteiger partial charge in [0.1, 0.15) is 0 Å². The molecule has 27 aromatic carbocycles. The minimum absolute atomic E-state index is 0.0202. The Balaban J connectivity index is 0.000000138. The van der Waals surface area contributed by atoms with E-state index in [4.69, 9.17) is 53.5 Å². The van der Waals surface area contributed by atoms with E-state index in [2.05, 4.69) is 0 Å². The van der Waals surface area contributed by atoms with Crippen LogP contribution in [-0.2, 0) is 0 Å². The van der Waals surface area contributed by atoms with Gasteiger partial charge in [0.05, 0.1) is 76.8 Å². The van der Waals surface area contributed by atoms with Crippen LogP contribution in [0.3, 0.4) is 0 Å². The second-order valence-electron chi connectivity index (χ2n) is 30.7. The van der Waals surface area contributed by atoms with E-state index in [0.29, 0.717) is 43.4 Å². The molecule has 0 radical (unpaired) electrons. The molecule has 0 fully saturated rings. The third-order valence-corrected chi connectivity index (χ3v) is 23.3. The summed E-state index contributed by atoms with van der Waals surface area (Å²) in [6.45, 7) is 0. The molecule has 0 spiro atoms. The molecule has 612 valence electrons. The maximum absolute atomic E-state index is 10.1. The zero-order valence-corrected chi connectivity index (χ0v) is 68.2. The molecular formula is C132H84. The molecule has 0 saturated carbocycles. The first-order chi connectivity index (χ1) is 88.8. The number of rotatable bonds is 9. The number of hydrogen-bond donors (Lipinski definition) is 0. The smallest absolute Gasteiger partial charge is 0.0616 e. The van der Waals surface area contributed by atoms with Gasteiger partial charge in [-0.3, -0.25) is 0 Å². The highest BCUT2D eigenvalue weighted by Gasteiger charge is 2.24. The number of benzene rings is 27. The maximum Gasteiger partial charge on any atom is 0.0636 e. The topological polar surface area (TPSA) is 0 Å². The van der Waals surface area contributed by atoms with Gasteiger partial charge in [-0.25, -0.2) is 0 Å². The van der Waals surface area contributed by atoms with Gasteiger partial charge < -0.3 is 0 Å². The Morgan fingerprint density at radius 1 is 0.114 bits per heavy atom. The Labute approximate surface area is 844 Å². The van der Waals surface area contributed by atoms with Crippen LogP contribution in [0.25, 0.3) is 262 Å². The molecule has 0 heterocycles. The standard InChI is InChI=1S/3C44H28/c3*1-3-13-32-26-35(22-20-29(32)10-1)43-39-17-7-8-18-40(39)44(36-23-21-30-11-2-4-14-33(30)27-36)42-28-34(24-25-41(42)43)38-19-9-15-31-12-5-6-16-37(31)38/h3*1-28H/i1D,2D,3D,4D,7D,8D,10D,11D,13D,14D,17D,18D,20D,21D,22D,23D,24D,25D,26D,27D,28D;1D,2D,3D,4D,5D,6D,9D,10D,11D,12D,13D,14D,15D,16D,19D,20D,21D,22D,23D,26D,27D;1D,2D,3D,4D,10D,11D,13D,14D,20D,21D,22D,23D,26D,27D. The molecular weight excluding hydrogens is 1590 g/mol. The van der Waals surface area contributed by atoms with Crippen LogP contribution < -0.4 is 0 Å². The van der Waals surface area contributed by atoms with Crippen LogP contribution in [0, 0.1) is 0 Å². The molecule has 27 aromatic rings. The average molecular weight is 1730 g/mol. The lowest BCUT2D eigenvalue weighted by Crippen LogP contribution is -1.92. The molecule has 0 aromatic heterocycles. The first-order valence-corrected chi connectivity index (χ1v) is 41.3. The second kappa shape index (κ2) is 32.6. The summed E-state index contributed by atoms with van der Waals surface area (Å²) in [6, 6.07) is 11.9. The second-order valence-corrected chi connectivity index (χ2v) is 30.7. The first kappa shape index (κ1) is 39.2. The number of hydrogen-bond acceptors (Lipinski definition) is 0. The van der Waals surface area contributed by atoms with Crippen molar-refractivity contribution in [3.8, 4) is 100 Å². The summed E-state index contributed by atoms with van der Waals surface area (Å²) < 4.78 is 500. The van der Waals surface area contributed by atoms with E-state index in [0.717, 1.165) is 21.9 Å². The van der Waals surface area contributed by atoms with Crippen LogP contribution in [-0.4, -0.2) is 0 Å². The van der Waals surface area contributed by atoms with Crippen LogP contribution in [0.5, 0.6) is 0 Å². The van der Waals surface area contributed by atoms with Gasteiger partial charge in [-0.1, -0.05) is 454 Å². The zero-order valence-electron chi connectivity index (χ0n) is 124. The zero-order chi connectivity index (χ0) is 136. The van der Waals surface area contributed by atoms with Crippen LogP contribution >= 0.6 is 0 Å². The van der Waals surface area contributed by atoms with Gasteiger partial charge in [0.2, 0.25) is 0 Å². The fourth-order valence-electron chi connectivity index (χ4n) is 17.5. The highest BCUT2D eigenvalue weighted by Crippen LogP contribution is 2.52. The fourth-order valence-corrected chi connectivity index (χ4v) is 17.5. The molecule has 0 heteroatoms. The van der Waals surface area contributed by atoms with Crippen LogP contribution in [0.4, 0.5) is 0 Å². The largest absolute Gasteiger partial charge is 0.0636 e. The molecule has 27 rings (SSSR count). The monoisotopic (exact) mass is 1730 g/mol. The Hall–Kier alpha value is -17.2. The lowest BCUT2D eigenvalue weighted by molar-refractivity contribution is 1.66. The van der Waals surface area contributed by atoms with E-state index in [1.165, 1.54) is 18.2 Å². The van der Waals surface area contributed by atoms with Crippen molar-refractivity contribution in [3.63, 3.8) is 0 Å². The van der Waals surface area contributed by atoms with E-state index in [1.54, 1.807) is 97.1 Å². The summed E-state index contributed by atoms with van der Waals surface area (Å²) >= 11 is 0. The molecule has 0 nitrogen and oxygen atoms in total. The van der Waals surface area contributed by atoms with Crippen molar-refractivity contribution >= 4 is 162 Å². The van der Waals surface area contributed by atoms with Crippen molar-refractivity contribution in [1.82, 2.24) is 0 Å². The summed E-state index contributed by atoms with van der Waals surface area (Å²) in [6.07, 6.45) is 0. The van der Waals surface area contributed by atoms with Gasteiger partial charge >= 0.3 is 0 Å². The predicted octanol–water partition coefficient (Wildman–Crippen LogP) is 37.4. The molecule has 0 unspecified atom stereocenters. The first-order valence-electron chi connectivity index (χ1n) is 69.3. The summed E-state index contributed by atoms with van der Waals surface area (Å²) in [5.41, 5.74) is -0.862. The van der Waals surface area contributed by atoms with Crippen LogP contribution in [0.1, 0.15) is 76.8 Å². The lowest BCUT2D eigenvalue weighted by atomic mass is 9.84. The molecule has 132 heavy (non-hydrogen) atoms. The highest BCUT2D eigenvalue weighted by molar-refractivity contribution is 6.27. The van der Waals surface area contributed by atoms with Crippen molar-refractivity contribution in [3.05, 3.63) is 508 Å². The maximum atomic E-state index is 10.1. The van der Waals surface area contributed by atoms with E-state index in [-0.39, 0.29) is 143 Å². The lowest BCUT2D eigenvalue weighted by Gasteiger charge is -2.19. The van der Waals surface area contributed by atoms with Crippen molar-refractivity contribution in [2.45, 2.75) is 0 Å². The van der Waals surface area contributed by atoms with Gasteiger partial charge in [0.25, 0.3) is 0 Å². The van der Waals surface area contributed by atoms with Gasteiger partial charge in [-0.05, 0) is 316 Å². The fraction of sp³-hybridized carbons (Fsp3) is 0. The van der Waals surface area contributed by atoms with E-state index in [9.17, 15) is 23.3 Å². The molecule has 0 atom stereocenters. The van der Waals surface area contributed by atoms with Crippen molar-refractivity contribution in [1.29, 1.82) is 0 Å². The Morgan fingerprint density at radius 2 is 0.371 bits per heavy atom. The summed E-state index contributed by atoms with van der Waals surface area (Å²) in [5.74, 6) is 0. The molecule has 0 aliphatic carbocycles. The Bertz CT molecular complexity index is 13000. The van der Waals surface area contributed by atoms with Gasteiger partial charge in [-0.15, -0.1) is 0 Å². The van der Waals surface area contributed by atoms with Crippen LogP contribution in [0.15, 0.2) is 508 Å². The quantitative estimate of drug-likeness (QED) is 0.126. The van der Waals surface area contributed by atoms with E-state index < -0.39 is 392 Å². The minimum Gasteiger partial charge on any atom is -0.0616 e. The normalized spacial score (nSPS) is 17.6. The summed E-state index contributed by atoms with van der Waals surface area (Å²) in [7, 11) is 0. The van der Waals surface area contributed by atoms with E-state index in [1.807, 2.05) is 54.6 Å². The van der Waals surface area contributed by atoms with Crippen molar-refractivity contribution < 1.29 is 76.8 Å². The molecule has 0 amide bonds. The average Bonchev–Trinajstić information content (AvgIpc) is 0.679. The summed E-state index contributed by atoms with van der Waals surface area (Å²) in [5, 5.41) is -1.84. The third kappa shape index (κ3) is 13.6. The molecule has 0 bridgehead atoms. The minimum atomic E-state index is -0.886. The predicted molar refractivity (Wildman–Crippen MR) is 571 cm³/mol. The Morgan fingerprint density at radius 3 is 0.750 bits per heavy atom. The molecule has 0 saturated heterocycles. The highest BCUT2D eigenvalue weighted by atomic mass is 14.3. The van der Waals surface area contributed by atoms with Crippen molar-refractivity contribution in [2.24, 2.45) is 0 Å². The van der Waals surface area contributed by atoms with Crippen molar-refractivity contribution in [2.75, 3.05) is 0 Å². The molecule has 0 N–H and O–H groups in total. The molecule has 0 aliphatic rings. The molecule has 0 aliphatic heterocycles. The summed E-state index contributed by atoms with van der Waals surface area (Å²) in [4.78, 5) is 0. The van der Waals surface area contributed by atoms with Gasteiger partial charge in [0.15, 0.2) is 0 Å². The van der Waals surface area contributed by atoms with E-state index >= 15 is 0 Å². The van der Waals surface area contributed by atoms with Gasteiger partial charge in [0, 0.05) is 0 Å². The SMILES string of the molecule is [2H]c1c([2H])c([2H])c2c([2H])c(-c3c4c([2H])c([2H])c([2H])c([2H])c4c(-c4c([2H])c([2H])c5c([2H])c([2H])c([2H])c([2H])c5c4[2H])c4c([2H])c(-c5cccc6ccccc56)c([2H])c([2H])c34)c([2H])c([2H])c2c1[2H].[2H]c1c([2H])c([2H])c2c([2H])c(-c3c4ccccc4c(-c4c([2H])c([2H])c5c([2H])c([2H])c([2H])c([2H])c5c4[2H])c4cc(-c5c([2H])c([2H])c([2H])c6c([2H])c([2H])c([2H])c([2H])c56)ccc34)c([2H])c([2H])c2c1[2H].[2H]c1c([2H])c([2H])c2c([2H])c(-c3c4ccccc4c(-c4c([2H])c([2H])c5c([2H])c([2H])c([2H])c([2H])c5c4[2H])c4cc(-c5cccc6ccccc56)ccc34)c([2H])c([2H])c2c1[2H]. The van der Waals surface area contributed by atoms with Gasteiger partial charge in [-0.2, -0.15) is 0 Å². The number of fused-ring (bicyclic) bond motifs is 15.